The first-order valence-electron chi connectivity index (χ1n) is 3.84. The first-order chi connectivity index (χ1) is 6.56. The zero-order chi connectivity index (χ0) is 10.7. The predicted octanol–water partition coefficient (Wildman–Crippen LogP) is 1.59. The predicted molar refractivity (Wildman–Crippen MR) is 50.7 cm³/mol. The molecule has 1 unspecified atom stereocenters. The maximum atomic E-state index is 13.1. The van der Waals surface area contributed by atoms with Gasteiger partial charge in [-0.25, -0.2) is 4.39 Å². The Balaban J connectivity index is 3.06. The average molecular weight is 218 g/mol. The molecule has 0 spiro atoms. The molecule has 1 atom stereocenters. The van der Waals surface area contributed by atoms with E-state index >= 15 is 0 Å². The van der Waals surface area contributed by atoms with E-state index in [9.17, 15) is 9.18 Å². The van der Waals surface area contributed by atoms with E-state index in [4.69, 9.17) is 17.3 Å². The highest BCUT2D eigenvalue weighted by atomic mass is 35.5. The third-order valence-corrected chi connectivity index (χ3v) is 1.94. The van der Waals surface area contributed by atoms with E-state index in [1.165, 1.54) is 19.2 Å². The minimum absolute atomic E-state index is 0.160. The lowest BCUT2D eigenvalue weighted by molar-refractivity contribution is 0.0619. The van der Waals surface area contributed by atoms with E-state index in [1.54, 1.807) is 0 Å². The zero-order valence-electron chi connectivity index (χ0n) is 7.46. The molecule has 0 saturated heterocycles. The van der Waals surface area contributed by atoms with Crippen LogP contribution in [0, 0.1) is 5.82 Å². The maximum Gasteiger partial charge on any atom is 0.209 e. The molecule has 1 rings (SSSR count). The topological polar surface area (TPSA) is 52.3 Å². The van der Waals surface area contributed by atoms with Gasteiger partial charge in [0.1, 0.15) is 5.82 Å². The van der Waals surface area contributed by atoms with Crippen LogP contribution < -0.4 is 5.73 Å². The van der Waals surface area contributed by atoms with Crippen molar-refractivity contribution in [1.82, 2.24) is 0 Å². The highest BCUT2D eigenvalue weighted by molar-refractivity contribution is 6.31. The number of hydrogen-bond donors (Lipinski definition) is 1. The first-order valence-corrected chi connectivity index (χ1v) is 4.21. The van der Waals surface area contributed by atoms with Gasteiger partial charge in [-0.3, -0.25) is 10.5 Å². The third-order valence-electron chi connectivity index (χ3n) is 1.71. The van der Waals surface area contributed by atoms with Gasteiger partial charge in [0.2, 0.25) is 5.78 Å². The van der Waals surface area contributed by atoms with Gasteiger partial charge in [0.05, 0.1) is 5.56 Å². The smallest absolute Gasteiger partial charge is 0.209 e. The zero-order valence-corrected chi connectivity index (χ0v) is 8.22. The number of benzene rings is 1. The van der Waals surface area contributed by atoms with Crippen LogP contribution in [0.1, 0.15) is 10.4 Å². The van der Waals surface area contributed by atoms with Gasteiger partial charge in [0, 0.05) is 12.1 Å². The largest absolute Gasteiger partial charge is 0.359 e. The van der Waals surface area contributed by atoms with E-state index < -0.39 is 17.8 Å². The lowest BCUT2D eigenvalue weighted by atomic mass is 10.1. The van der Waals surface area contributed by atoms with Crippen molar-refractivity contribution in [2.45, 2.75) is 6.23 Å². The Labute approximate surface area is 85.6 Å². The van der Waals surface area contributed by atoms with Crippen LogP contribution in [-0.4, -0.2) is 19.1 Å². The quantitative estimate of drug-likeness (QED) is 0.618. The van der Waals surface area contributed by atoms with E-state index in [0.29, 0.717) is 0 Å². The summed E-state index contributed by atoms with van der Waals surface area (Å²) in [7, 11) is 1.27. The van der Waals surface area contributed by atoms with Crippen LogP contribution in [0.2, 0.25) is 5.02 Å². The standard InChI is InChI=1S/C9H9ClFNO2/c1-14-9(12)8(13)6-4-5(10)2-3-7(6)11/h2-4,9H,12H2,1H3. The van der Waals surface area contributed by atoms with Gasteiger partial charge < -0.3 is 4.74 Å². The van der Waals surface area contributed by atoms with Gasteiger partial charge in [-0.2, -0.15) is 0 Å². The van der Waals surface area contributed by atoms with Crippen molar-refractivity contribution in [3.05, 3.63) is 34.6 Å². The molecule has 0 radical (unpaired) electrons. The Bertz CT molecular complexity index is 357. The van der Waals surface area contributed by atoms with Crippen LogP contribution in [0.5, 0.6) is 0 Å². The number of carbonyl (C=O) groups excluding carboxylic acids is 1. The molecule has 14 heavy (non-hydrogen) atoms. The van der Waals surface area contributed by atoms with Gasteiger partial charge in [0.15, 0.2) is 6.23 Å². The number of Topliss-reactive ketones (excluding diaryl/α,β-unsaturated/α-hetero) is 1. The molecule has 2 N–H and O–H groups in total. The number of ether oxygens (including phenoxy) is 1. The Hall–Kier alpha value is -0.970. The molecule has 76 valence electrons. The lowest BCUT2D eigenvalue weighted by Gasteiger charge is -2.08. The summed E-state index contributed by atoms with van der Waals surface area (Å²) in [6.45, 7) is 0. The lowest BCUT2D eigenvalue weighted by Crippen LogP contribution is -2.32. The monoisotopic (exact) mass is 217 g/mol. The highest BCUT2D eigenvalue weighted by Crippen LogP contribution is 2.16. The molecule has 0 bridgehead atoms. The summed E-state index contributed by atoms with van der Waals surface area (Å²) in [5, 5.41) is 0.276. The van der Waals surface area contributed by atoms with E-state index in [0.717, 1.165) is 6.07 Å². The fraction of sp³-hybridized carbons (Fsp3) is 0.222. The third kappa shape index (κ3) is 2.29. The molecule has 0 fully saturated rings. The van der Waals surface area contributed by atoms with Crippen LogP contribution in [0.4, 0.5) is 4.39 Å². The van der Waals surface area contributed by atoms with Crippen molar-refractivity contribution >= 4 is 17.4 Å². The van der Waals surface area contributed by atoms with Crippen molar-refractivity contribution < 1.29 is 13.9 Å². The van der Waals surface area contributed by atoms with Crippen LogP contribution >= 0.6 is 11.6 Å². The molecule has 0 heterocycles. The molecule has 0 amide bonds. The van der Waals surface area contributed by atoms with E-state index in [2.05, 4.69) is 4.74 Å². The first kappa shape index (κ1) is 11.1. The average Bonchev–Trinajstić information content (AvgIpc) is 2.19. The second kappa shape index (κ2) is 4.50. The van der Waals surface area contributed by atoms with Gasteiger partial charge in [-0.1, -0.05) is 11.6 Å². The number of halogens is 2. The fourth-order valence-corrected chi connectivity index (χ4v) is 1.12. The number of ketones is 1. The number of rotatable bonds is 3. The summed E-state index contributed by atoms with van der Waals surface area (Å²) in [4.78, 5) is 11.4. The summed E-state index contributed by atoms with van der Waals surface area (Å²) in [5.41, 5.74) is 5.13. The Morgan fingerprint density at radius 2 is 2.29 bits per heavy atom. The molecule has 0 aromatic heterocycles. The number of methoxy groups -OCH3 is 1. The van der Waals surface area contributed by atoms with Gasteiger partial charge in [-0.15, -0.1) is 0 Å². The Kier molecular flexibility index (Phi) is 3.57. The molecule has 0 saturated carbocycles. The normalized spacial score (nSPS) is 12.6. The van der Waals surface area contributed by atoms with Crippen LogP contribution in [0.3, 0.4) is 0 Å². The summed E-state index contributed by atoms with van der Waals surface area (Å²) in [6, 6.07) is 3.68. The summed E-state index contributed by atoms with van der Waals surface area (Å²) >= 11 is 5.61. The SMILES string of the molecule is COC(N)C(=O)c1cc(Cl)ccc1F. The number of nitrogens with two attached hydrogens (primary N) is 1. The van der Waals surface area contributed by atoms with Crippen molar-refractivity contribution in [2.24, 2.45) is 5.73 Å². The van der Waals surface area contributed by atoms with Crippen molar-refractivity contribution in [3.63, 3.8) is 0 Å². The molecule has 0 aliphatic rings. The molecule has 0 aliphatic carbocycles. The van der Waals surface area contributed by atoms with E-state index in [1.807, 2.05) is 0 Å². The second-order valence-electron chi connectivity index (χ2n) is 2.64. The molecule has 1 aromatic carbocycles. The minimum atomic E-state index is -1.16. The van der Waals surface area contributed by atoms with Crippen molar-refractivity contribution in [2.75, 3.05) is 7.11 Å². The summed E-state index contributed by atoms with van der Waals surface area (Å²) in [5.74, 6) is -1.29. The van der Waals surface area contributed by atoms with Gasteiger partial charge >= 0.3 is 0 Å². The molecule has 3 nitrogen and oxygen atoms in total. The van der Waals surface area contributed by atoms with Crippen LogP contribution in [-0.2, 0) is 4.74 Å². The maximum absolute atomic E-state index is 13.1. The molecule has 5 heteroatoms. The Morgan fingerprint density at radius 3 is 2.86 bits per heavy atom. The number of carbonyl (C=O) groups is 1. The summed E-state index contributed by atoms with van der Waals surface area (Å²) < 4.78 is 17.7. The molecular formula is C9H9ClFNO2. The second-order valence-corrected chi connectivity index (χ2v) is 3.08. The minimum Gasteiger partial charge on any atom is -0.359 e. The highest BCUT2D eigenvalue weighted by Gasteiger charge is 2.18. The van der Waals surface area contributed by atoms with Gasteiger partial charge in [0.25, 0.3) is 0 Å². The molecular weight excluding hydrogens is 209 g/mol. The Morgan fingerprint density at radius 1 is 1.64 bits per heavy atom. The summed E-state index contributed by atoms with van der Waals surface area (Å²) in [6.07, 6.45) is -1.16. The number of hydrogen-bond acceptors (Lipinski definition) is 3. The van der Waals surface area contributed by atoms with Crippen LogP contribution in [0.15, 0.2) is 18.2 Å². The fourth-order valence-electron chi connectivity index (χ4n) is 0.947. The van der Waals surface area contributed by atoms with Crippen LogP contribution in [0.25, 0.3) is 0 Å². The van der Waals surface area contributed by atoms with Gasteiger partial charge in [-0.05, 0) is 18.2 Å². The molecule has 1 aromatic rings. The van der Waals surface area contributed by atoms with Crippen molar-refractivity contribution in [3.8, 4) is 0 Å². The van der Waals surface area contributed by atoms with E-state index in [-0.39, 0.29) is 10.6 Å². The molecule has 0 aliphatic heterocycles. The van der Waals surface area contributed by atoms with Crippen molar-refractivity contribution in [1.29, 1.82) is 0 Å².